The number of carbonyl (C=O) groups excluding carboxylic acids is 2. The van der Waals surface area contributed by atoms with E-state index in [9.17, 15) is 9.59 Å². The van der Waals surface area contributed by atoms with Gasteiger partial charge in [0.25, 0.3) is 11.1 Å². The Labute approximate surface area is 139 Å². The van der Waals surface area contributed by atoms with Gasteiger partial charge in [0.2, 0.25) is 0 Å². The number of piperazine rings is 1. The van der Waals surface area contributed by atoms with Crippen LogP contribution in [0.15, 0.2) is 41.4 Å². The van der Waals surface area contributed by atoms with Gasteiger partial charge in [0.05, 0.1) is 17.2 Å². The Kier molecular flexibility index (Phi) is 5.00. The predicted octanol–water partition coefficient (Wildman–Crippen LogP) is 1.34. The lowest BCUT2D eigenvalue weighted by molar-refractivity contribution is -0.113. The van der Waals surface area contributed by atoms with Crippen molar-refractivity contribution in [1.82, 2.24) is 9.80 Å². The lowest BCUT2D eigenvalue weighted by atomic mass is 10.3. The molecule has 0 aliphatic carbocycles. The largest absolute Gasteiger partial charge is 0.395 e. The van der Waals surface area contributed by atoms with Crippen molar-refractivity contribution in [2.75, 3.05) is 44.2 Å². The first-order chi connectivity index (χ1) is 11.2. The van der Waals surface area contributed by atoms with E-state index in [0.717, 1.165) is 37.9 Å². The number of amides is 2. The van der Waals surface area contributed by atoms with Gasteiger partial charge >= 0.3 is 0 Å². The molecule has 1 aromatic carbocycles. The molecule has 122 valence electrons. The highest BCUT2D eigenvalue weighted by atomic mass is 32.2. The average Bonchev–Trinajstić information content (AvgIpc) is 2.84. The Morgan fingerprint density at radius 3 is 2.43 bits per heavy atom. The second-order valence-corrected chi connectivity index (χ2v) is 6.43. The number of imide groups is 1. The van der Waals surface area contributed by atoms with Crippen molar-refractivity contribution < 1.29 is 14.7 Å². The number of thioether (sulfide) groups is 1. The predicted molar refractivity (Wildman–Crippen MR) is 90.1 cm³/mol. The van der Waals surface area contributed by atoms with Gasteiger partial charge in [-0.25, -0.2) is 4.90 Å². The number of anilines is 1. The number of hydrogen-bond acceptors (Lipinski definition) is 6. The number of nitrogens with zero attached hydrogens (tertiary/aromatic N) is 3. The summed E-state index contributed by atoms with van der Waals surface area (Å²) in [5.41, 5.74) is 0.603. The summed E-state index contributed by atoms with van der Waals surface area (Å²) >= 11 is 0.985. The molecule has 23 heavy (non-hydrogen) atoms. The van der Waals surface area contributed by atoms with Gasteiger partial charge in [0.1, 0.15) is 0 Å². The molecule has 0 radical (unpaired) electrons. The molecule has 1 aromatic rings. The zero-order chi connectivity index (χ0) is 16.2. The van der Waals surface area contributed by atoms with Gasteiger partial charge in [0.15, 0.2) is 0 Å². The van der Waals surface area contributed by atoms with Crippen molar-refractivity contribution in [3.63, 3.8) is 0 Å². The fourth-order valence-electron chi connectivity index (χ4n) is 2.68. The molecule has 0 atom stereocenters. The molecule has 2 heterocycles. The van der Waals surface area contributed by atoms with Crippen LogP contribution in [0.2, 0.25) is 0 Å². The zero-order valence-corrected chi connectivity index (χ0v) is 13.5. The van der Waals surface area contributed by atoms with E-state index in [-0.39, 0.29) is 17.8 Å². The molecule has 1 N–H and O–H groups in total. The Morgan fingerprint density at radius 1 is 1.09 bits per heavy atom. The van der Waals surface area contributed by atoms with Crippen molar-refractivity contribution in [2.45, 2.75) is 0 Å². The van der Waals surface area contributed by atoms with E-state index in [1.54, 1.807) is 18.3 Å². The maximum Gasteiger partial charge on any atom is 0.298 e. The highest BCUT2D eigenvalue weighted by Crippen LogP contribution is 2.34. The third-order valence-electron chi connectivity index (χ3n) is 3.93. The van der Waals surface area contributed by atoms with Crippen molar-refractivity contribution >= 4 is 28.6 Å². The Hall–Kier alpha value is -1.83. The molecule has 0 bridgehead atoms. The van der Waals surface area contributed by atoms with Gasteiger partial charge in [-0.05, 0) is 23.9 Å². The third kappa shape index (κ3) is 3.57. The van der Waals surface area contributed by atoms with Crippen molar-refractivity contribution in [3.05, 3.63) is 41.4 Å². The normalized spacial score (nSPS) is 21.5. The number of aliphatic hydroxyl groups is 1. The molecule has 2 fully saturated rings. The highest BCUT2D eigenvalue weighted by molar-refractivity contribution is 8.18. The summed E-state index contributed by atoms with van der Waals surface area (Å²) in [6, 6.07) is 8.98. The number of β-amino-alcohol motifs (C(OH)–C–C–N with tert-alkyl or cyclic N) is 1. The topological polar surface area (TPSA) is 64.1 Å². The molecule has 0 saturated carbocycles. The lowest BCUT2D eigenvalue weighted by Gasteiger charge is -2.33. The Balaban J connectivity index is 1.68. The van der Waals surface area contributed by atoms with Gasteiger partial charge in [0, 0.05) is 38.9 Å². The summed E-state index contributed by atoms with van der Waals surface area (Å²) in [6.45, 7) is 4.11. The van der Waals surface area contributed by atoms with E-state index in [0.29, 0.717) is 17.1 Å². The molecule has 3 rings (SSSR count). The number of carbonyl (C=O) groups is 2. The second-order valence-electron chi connectivity index (χ2n) is 5.44. The van der Waals surface area contributed by atoms with E-state index in [1.165, 1.54) is 4.90 Å². The van der Waals surface area contributed by atoms with Crippen LogP contribution < -0.4 is 4.90 Å². The summed E-state index contributed by atoms with van der Waals surface area (Å²) < 4.78 is 0. The molecule has 0 aromatic heterocycles. The Morgan fingerprint density at radius 2 is 1.78 bits per heavy atom. The molecular formula is C16H19N3O3S. The van der Waals surface area contributed by atoms with Crippen molar-refractivity contribution in [1.29, 1.82) is 0 Å². The Bertz CT molecular complexity index is 612. The molecule has 2 amide bonds. The van der Waals surface area contributed by atoms with E-state index < -0.39 is 0 Å². The molecule has 7 heteroatoms. The summed E-state index contributed by atoms with van der Waals surface area (Å²) in [5, 5.41) is 8.70. The SMILES string of the molecule is O=C1S/C(=C\N2CCN(CCO)CC2)C(=O)N1c1ccccc1. The fraction of sp³-hybridized carbons (Fsp3) is 0.375. The van der Waals surface area contributed by atoms with Crippen molar-refractivity contribution in [3.8, 4) is 0 Å². The maximum atomic E-state index is 12.5. The van der Waals surface area contributed by atoms with Crippen LogP contribution in [-0.4, -0.2) is 65.4 Å². The molecule has 6 nitrogen and oxygen atoms in total. The number of hydrogen-bond donors (Lipinski definition) is 1. The number of benzene rings is 1. The molecule has 0 spiro atoms. The standard InChI is InChI=1S/C16H19N3O3S/c20-11-10-17-6-8-18(9-7-17)12-14-15(21)19(16(22)23-14)13-4-2-1-3-5-13/h1-5,12,20H,6-11H2/b14-12-. The minimum atomic E-state index is -0.260. The first-order valence-electron chi connectivity index (χ1n) is 7.59. The van der Waals surface area contributed by atoms with Crippen LogP contribution in [0.3, 0.4) is 0 Å². The summed E-state index contributed by atoms with van der Waals surface area (Å²) in [4.78, 5) is 30.6. The van der Waals surface area contributed by atoms with Gasteiger partial charge in [-0.3, -0.25) is 14.5 Å². The van der Waals surface area contributed by atoms with Crippen LogP contribution >= 0.6 is 11.8 Å². The molecule has 0 unspecified atom stereocenters. The molecule has 2 aliphatic heterocycles. The average molecular weight is 333 g/mol. The maximum absolute atomic E-state index is 12.5. The van der Waals surface area contributed by atoms with Gasteiger partial charge in [-0.15, -0.1) is 0 Å². The second kappa shape index (κ2) is 7.16. The first kappa shape index (κ1) is 16.0. The quantitative estimate of drug-likeness (QED) is 0.839. The number of rotatable bonds is 4. The fourth-order valence-corrected chi connectivity index (χ4v) is 3.53. The highest BCUT2D eigenvalue weighted by Gasteiger charge is 2.36. The van der Waals surface area contributed by atoms with Crippen LogP contribution in [0.4, 0.5) is 10.5 Å². The summed E-state index contributed by atoms with van der Waals surface area (Å²) in [5.74, 6) is -0.260. The monoisotopic (exact) mass is 333 g/mol. The molecule has 2 saturated heterocycles. The van der Waals surface area contributed by atoms with Crippen LogP contribution in [0, 0.1) is 0 Å². The van der Waals surface area contributed by atoms with E-state index in [4.69, 9.17) is 5.11 Å². The van der Waals surface area contributed by atoms with Crippen LogP contribution in [0.5, 0.6) is 0 Å². The van der Waals surface area contributed by atoms with Crippen LogP contribution in [-0.2, 0) is 4.79 Å². The zero-order valence-electron chi connectivity index (χ0n) is 12.7. The minimum Gasteiger partial charge on any atom is -0.395 e. The summed E-state index contributed by atoms with van der Waals surface area (Å²) in [6.07, 6.45) is 1.80. The smallest absolute Gasteiger partial charge is 0.298 e. The summed E-state index contributed by atoms with van der Waals surface area (Å²) in [7, 11) is 0. The van der Waals surface area contributed by atoms with Crippen molar-refractivity contribution in [2.24, 2.45) is 0 Å². The van der Waals surface area contributed by atoms with Gasteiger partial charge in [-0.2, -0.15) is 0 Å². The van der Waals surface area contributed by atoms with Gasteiger partial charge in [-0.1, -0.05) is 18.2 Å². The van der Waals surface area contributed by atoms with Crippen LogP contribution in [0.25, 0.3) is 0 Å². The number of para-hydroxylation sites is 1. The third-order valence-corrected chi connectivity index (χ3v) is 4.79. The molecule has 2 aliphatic rings. The van der Waals surface area contributed by atoms with Gasteiger partial charge < -0.3 is 10.0 Å². The number of aliphatic hydroxyl groups excluding tert-OH is 1. The van der Waals surface area contributed by atoms with E-state index in [1.807, 2.05) is 18.2 Å². The minimum absolute atomic E-state index is 0.163. The van der Waals surface area contributed by atoms with E-state index in [2.05, 4.69) is 9.80 Å². The van der Waals surface area contributed by atoms with Crippen LogP contribution in [0.1, 0.15) is 0 Å². The van der Waals surface area contributed by atoms with E-state index >= 15 is 0 Å². The lowest BCUT2D eigenvalue weighted by Crippen LogP contribution is -2.45. The molecular weight excluding hydrogens is 314 g/mol. The first-order valence-corrected chi connectivity index (χ1v) is 8.41.